The highest BCUT2D eigenvalue weighted by molar-refractivity contribution is 5.93. The van der Waals surface area contributed by atoms with Crippen molar-refractivity contribution < 1.29 is 29.3 Å². The number of fused-ring (bicyclic) bond motifs is 1. The molecule has 37 heavy (non-hydrogen) atoms. The number of hydrogen-bond acceptors (Lipinski definition) is 6. The Morgan fingerprint density at radius 1 is 1.00 bits per heavy atom. The number of aromatic nitrogens is 1. The average Bonchev–Trinajstić information content (AvgIpc) is 3.01. The van der Waals surface area contributed by atoms with Gasteiger partial charge in [0.1, 0.15) is 18.1 Å². The smallest absolute Gasteiger partial charge is 0.325 e. The molecular formula is C30H41NO6. The zero-order valence-electron chi connectivity index (χ0n) is 22.9. The second-order valence-corrected chi connectivity index (χ2v) is 12.6. The van der Waals surface area contributed by atoms with Crippen molar-refractivity contribution in [1.82, 2.24) is 4.57 Å². The molecule has 7 heteroatoms. The van der Waals surface area contributed by atoms with Gasteiger partial charge in [0, 0.05) is 35.4 Å². The zero-order chi connectivity index (χ0) is 27.3. The first-order chi connectivity index (χ1) is 17.3. The summed E-state index contributed by atoms with van der Waals surface area (Å²) in [7, 11) is 0. The van der Waals surface area contributed by atoms with Crippen LogP contribution in [0.15, 0.2) is 24.3 Å². The minimum Gasteiger partial charge on any atom is -0.465 e. The lowest BCUT2D eigenvalue weighted by atomic mass is 9.58. The van der Waals surface area contributed by atoms with Crippen molar-refractivity contribution in [2.75, 3.05) is 6.61 Å². The van der Waals surface area contributed by atoms with Crippen molar-refractivity contribution in [3.05, 3.63) is 35.5 Å². The van der Waals surface area contributed by atoms with E-state index in [1.807, 2.05) is 63.5 Å². The summed E-state index contributed by atoms with van der Waals surface area (Å²) in [4.78, 5) is 39.9. The van der Waals surface area contributed by atoms with Crippen LogP contribution in [0.25, 0.3) is 10.9 Å². The molecule has 2 N–H and O–H groups in total. The molecule has 0 aliphatic heterocycles. The molecule has 2 aromatic rings. The number of aliphatic hydroxyl groups is 2. The molecule has 0 bridgehead atoms. The van der Waals surface area contributed by atoms with E-state index >= 15 is 0 Å². The number of Topliss-reactive ketones (excluding diaryl/α,β-unsaturated/α-hetero) is 2. The van der Waals surface area contributed by atoms with Crippen LogP contribution in [0, 0.1) is 29.6 Å². The third kappa shape index (κ3) is 5.26. The Balaban J connectivity index is 1.93. The minimum atomic E-state index is -0.942. The summed E-state index contributed by atoms with van der Waals surface area (Å²) < 4.78 is 7.08. The Hall–Kier alpha value is -2.51. The largest absolute Gasteiger partial charge is 0.465 e. The molecule has 7 nitrogen and oxygen atoms in total. The zero-order valence-corrected chi connectivity index (χ0v) is 22.9. The fourth-order valence-corrected chi connectivity index (χ4v) is 7.02. The van der Waals surface area contributed by atoms with E-state index in [0.717, 1.165) is 22.2 Å². The van der Waals surface area contributed by atoms with E-state index in [-0.39, 0.29) is 41.5 Å². The predicted molar refractivity (Wildman–Crippen MR) is 141 cm³/mol. The molecule has 0 radical (unpaired) electrons. The predicted octanol–water partition coefficient (Wildman–Crippen LogP) is 4.33. The molecule has 202 valence electrons. The Labute approximate surface area is 219 Å². The second kappa shape index (κ2) is 9.99. The topological polar surface area (TPSA) is 106 Å². The fourth-order valence-electron chi connectivity index (χ4n) is 7.02. The van der Waals surface area contributed by atoms with Crippen LogP contribution in [0.3, 0.4) is 0 Å². The SMILES string of the molecule is CCOC(=O)Cn1c(C)c(C([C@@H]2C(=O)CC(C)(C)C[C@H]2O)[C@@H]2C(=O)CC(C)(C)C[C@@H]2O)c2ccccc21. The molecule has 2 aliphatic carbocycles. The van der Waals surface area contributed by atoms with Crippen LogP contribution in [0.1, 0.15) is 77.5 Å². The lowest BCUT2D eigenvalue weighted by molar-refractivity contribution is -0.145. The van der Waals surface area contributed by atoms with Crippen LogP contribution in [0.4, 0.5) is 0 Å². The van der Waals surface area contributed by atoms with E-state index in [0.29, 0.717) is 25.7 Å². The molecule has 1 aromatic carbocycles. The van der Waals surface area contributed by atoms with Crippen LogP contribution in [-0.4, -0.2) is 51.1 Å². The van der Waals surface area contributed by atoms with Crippen LogP contribution < -0.4 is 0 Å². The molecule has 1 heterocycles. The molecule has 0 saturated heterocycles. The van der Waals surface area contributed by atoms with Gasteiger partial charge in [-0.15, -0.1) is 0 Å². The first-order valence-corrected chi connectivity index (χ1v) is 13.4. The standard InChI is InChI=1S/C30H41NO6/c1-7-37-24(36)16-31-17(2)25(18-10-8-9-11-19(18)31)28(26-20(32)12-29(3,4)13-21(26)33)27-22(34)14-30(5,6)15-23(27)35/h8-11,20,22,26-28,32,34H,7,12-16H2,1-6H3/t20-,22+,26-,27-,28?/m0/s1. The van der Waals surface area contributed by atoms with Gasteiger partial charge in [0.2, 0.25) is 0 Å². The summed E-state index contributed by atoms with van der Waals surface area (Å²) in [5.41, 5.74) is 1.61. The van der Waals surface area contributed by atoms with Crippen LogP contribution in [-0.2, 0) is 25.7 Å². The lowest BCUT2D eigenvalue weighted by Gasteiger charge is -2.46. The van der Waals surface area contributed by atoms with Crippen molar-refractivity contribution in [2.45, 2.75) is 91.9 Å². The van der Waals surface area contributed by atoms with Gasteiger partial charge in [-0.3, -0.25) is 14.4 Å². The number of nitrogens with zero attached hydrogens (tertiary/aromatic N) is 1. The maximum atomic E-state index is 13.7. The molecular weight excluding hydrogens is 470 g/mol. The molecule has 2 saturated carbocycles. The molecule has 5 atom stereocenters. The summed E-state index contributed by atoms with van der Waals surface area (Å²) in [6, 6.07) is 7.61. The van der Waals surface area contributed by atoms with Crippen molar-refractivity contribution in [3.63, 3.8) is 0 Å². The number of carbonyl (C=O) groups excluding carboxylic acids is 3. The number of benzene rings is 1. The molecule has 4 rings (SSSR count). The molecule has 0 amide bonds. The maximum Gasteiger partial charge on any atom is 0.325 e. The Kier molecular flexibility index (Phi) is 7.43. The highest BCUT2D eigenvalue weighted by Crippen LogP contribution is 2.51. The first kappa shape index (κ1) is 27.5. The summed E-state index contributed by atoms with van der Waals surface area (Å²) in [6.45, 7) is 11.8. The van der Waals surface area contributed by atoms with Gasteiger partial charge < -0.3 is 19.5 Å². The second-order valence-electron chi connectivity index (χ2n) is 12.6. The van der Waals surface area contributed by atoms with Gasteiger partial charge in [-0.25, -0.2) is 0 Å². The number of rotatable bonds is 6. The molecule has 1 unspecified atom stereocenters. The Bertz CT molecular complexity index is 1170. The first-order valence-electron chi connectivity index (χ1n) is 13.4. The minimum absolute atomic E-state index is 0.00466. The van der Waals surface area contributed by atoms with Crippen molar-refractivity contribution >= 4 is 28.4 Å². The van der Waals surface area contributed by atoms with Crippen LogP contribution in [0.5, 0.6) is 0 Å². The van der Waals surface area contributed by atoms with Crippen LogP contribution >= 0.6 is 0 Å². The average molecular weight is 512 g/mol. The monoisotopic (exact) mass is 511 g/mol. The molecule has 1 aromatic heterocycles. The highest BCUT2D eigenvalue weighted by Gasteiger charge is 2.53. The molecule has 2 fully saturated rings. The normalized spacial score (nSPS) is 28.3. The number of carbonyl (C=O) groups is 3. The Morgan fingerprint density at radius 2 is 1.51 bits per heavy atom. The van der Waals surface area contributed by atoms with Gasteiger partial charge in [0.25, 0.3) is 0 Å². The van der Waals surface area contributed by atoms with Gasteiger partial charge in [-0.1, -0.05) is 45.9 Å². The van der Waals surface area contributed by atoms with Crippen molar-refractivity contribution in [3.8, 4) is 0 Å². The molecule has 2 aliphatic rings. The van der Waals surface area contributed by atoms with E-state index < -0.39 is 30.0 Å². The Morgan fingerprint density at radius 3 is 2.00 bits per heavy atom. The van der Waals surface area contributed by atoms with Crippen LogP contribution in [0.2, 0.25) is 0 Å². The summed E-state index contributed by atoms with van der Waals surface area (Å²) in [6.07, 6.45) is -0.417. The maximum absolute atomic E-state index is 13.7. The van der Waals surface area contributed by atoms with E-state index in [2.05, 4.69) is 0 Å². The van der Waals surface area contributed by atoms with Gasteiger partial charge in [0.05, 0.1) is 30.7 Å². The van der Waals surface area contributed by atoms with E-state index in [1.54, 1.807) is 6.92 Å². The molecule has 0 spiro atoms. The van der Waals surface area contributed by atoms with Crippen molar-refractivity contribution in [2.24, 2.45) is 22.7 Å². The van der Waals surface area contributed by atoms with E-state index in [4.69, 9.17) is 4.74 Å². The number of hydrogen-bond donors (Lipinski definition) is 2. The van der Waals surface area contributed by atoms with E-state index in [1.165, 1.54) is 0 Å². The summed E-state index contributed by atoms with van der Waals surface area (Å²) >= 11 is 0. The van der Waals surface area contributed by atoms with E-state index in [9.17, 15) is 24.6 Å². The number of ketones is 2. The third-order valence-corrected chi connectivity index (χ3v) is 8.38. The number of para-hydroxylation sites is 1. The number of aliphatic hydroxyl groups excluding tert-OH is 2. The van der Waals surface area contributed by atoms with Gasteiger partial charge in [-0.2, -0.15) is 0 Å². The summed E-state index contributed by atoms with van der Waals surface area (Å²) in [5, 5.41) is 23.6. The third-order valence-electron chi connectivity index (χ3n) is 8.38. The number of ether oxygens (including phenoxy) is 1. The quantitative estimate of drug-likeness (QED) is 0.560. The van der Waals surface area contributed by atoms with Gasteiger partial charge in [-0.05, 0) is 49.1 Å². The number of esters is 1. The van der Waals surface area contributed by atoms with Gasteiger partial charge in [0.15, 0.2) is 0 Å². The fraction of sp³-hybridized carbons (Fsp3) is 0.633. The van der Waals surface area contributed by atoms with Crippen molar-refractivity contribution in [1.29, 1.82) is 0 Å². The lowest BCUT2D eigenvalue weighted by Crippen LogP contribution is -2.51. The highest BCUT2D eigenvalue weighted by atomic mass is 16.5. The summed E-state index contributed by atoms with van der Waals surface area (Å²) in [5.74, 6) is -2.89. The van der Waals surface area contributed by atoms with Gasteiger partial charge >= 0.3 is 5.97 Å².